The fourth-order valence-corrected chi connectivity index (χ4v) is 2.15. The van der Waals surface area contributed by atoms with Crippen LogP contribution in [0.25, 0.3) is 21.7 Å². The van der Waals surface area contributed by atoms with Crippen LogP contribution in [0.2, 0.25) is 0 Å². The Labute approximate surface area is 98.5 Å². The van der Waals surface area contributed by atoms with Crippen molar-refractivity contribution in [2.24, 2.45) is 0 Å². The number of benzene rings is 2. The molecule has 0 fully saturated rings. The number of hydrogen-bond donors (Lipinski definition) is 2. The van der Waals surface area contributed by atoms with Gasteiger partial charge in [0.25, 0.3) is 0 Å². The van der Waals surface area contributed by atoms with Gasteiger partial charge in [0.1, 0.15) is 0 Å². The molecule has 3 aromatic rings. The Hall–Kier alpha value is -1.91. The van der Waals surface area contributed by atoms with E-state index in [0.717, 1.165) is 21.7 Å². The molecule has 82 valence electrons. The van der Waals surface area contributed by atoms with Gasteiger partial charge < -0.3 is 10.0 Å². The third kappa shape index (κ3) is 1.58. The minimum absolute atomic E-state index is 0.509. The number of aromatic nitrogens is 1. The lowest BCUT2D eigenvalue weighted by atomic mass is 9.77. The fourth-order valence-electron chi connectivity index (χ4n) is 2.15. The molecular formula is C13H10BNO2. The molecule has 0 amide bonds. The lowest BCUT2D eigenvalue weighted by Crippen LogP contribution is -2.30. The molecule has 0 spiro atoms. The van der Waals surface area contributed by atoms with Crippen molar-refractivity contribution in [1.29, 1.82) is 0 Å². The van der Waals surface area contributed by atoms with Crippen LogP contribution in [0.15, 0.2) is 48.7 Å². The van der Waals surface area contributed by atoms with Gasteiger partial charge in [-0.05, 0) is 16.9 Å². The molecule has 2 N–H and O–H groups in total. The molecule has 0 atom stereocenters. The molecule has 3 rings (SSSR count). The molecule has 0 saturated carbocycles. The quantitative estimate of drug-likeness (QED) is 0.479. The minimum Gasteiger partial charge on any atom is -0.423 e. The van der Waals surface area contributed by atoms with Gasteiger partial charge in [-0.15, -0.1) is 0 Å². The first kappa shape index (κ1) is 10.3. The van der Waals surface area contributed by atoms with E-state index >= 15 is 0 Å². The van der Waals surface area contributed by atoms with Gasteiger partial charge in [-0.25, -0.2) is 0 Å². The summed E-state index contributed by atoms with van der Waals surface area (Å²) >= 11 is 0. The third-order valence-electron chi connectivity index (χ3n) is 2.94. The van der Waals surface area contributed by atoms with Crippen LogP contribution in [0.3, 0.4) is 0 Å². The monoisotopic (exact) mass is 223 g/mol. The number of pyridine rings is 1. The standard InChI is InChI=1S/C13H10BNO2/c16-14(17)12-5-1-4-11-10(12)7-6-9-3-2-8-15-13(9)11/h1-8,16-17H. The highest BCUT2D eigenvalue weighted by Crippen LogP contribution is 2.22. The zero-order valence-corrected chi connectivity index (χ0v) is 9.04. The summed E-state index contributed by atoms with van der Waals surface area (Å²) in [6.45, 7) is 0. The summed E-state index contributed by atoms with van der Waals surface area (Å²) in [5, 5.41) is 21.5. The maximum atomic E-state index is 9.33. The normalized spacial score (nSPS) is 10.9. The van der Waals surface area contributed by atoms with Crippen molar-refractivity contribution in [3.63, 3.8) is 0 Å². The van der Waals surface area contributed by atoms with Crippen molar-refractivity contribution in [1.82, 2.24) is 4.98 Å². The third-order valence-corrected chi connectivity index (χ3v) is 2.94. The Bertz CT molecular complexity index is 697. The molecule has 0 aliphatic heterocycles. The molecule has 4 heteroatoms. The summed E-state index contributed by atoms with van der Waals surface area (Å²) in [7, 11) is -1.46. The van der Waals surface area contributed by atoms with E-state index in [9.17, 15) is 10.0 Å². The van der Waals surface area contributed by atoms with Crippen LogP contribution in [0.1, 0.15) is 0 Å². The second-order valence-corrected chi connectivity index (χ2v) is 3.96. The van der Waals surface area contributed by atoms with Crippen LogP contribution < -0.4 is 5.46 Å². The van der Waals surface area contributed by atoms with E-state index < -0.39 is 7.12 Å². The van der Waals surface area contributed by atoms with Crippen molar-refractivity contribution >= 4 is 34.3 Å². The average molecular weight is 223 g/mol. The van der Waals surface area contributed by atoms with Crippen LogP contribution in [0, 0.1) is 0 Å². The van der Waals surface area contributed by atoms with E-state index in [0.29, 0.717) is 5.46 Å². The SMILES string of the molecule is OB(O)c1cccc2c1ccc1cccnc12. The Morgan fingerprint density at radius 2 is 1.76 bits per heavy atom. The molecular weight excluding hydrogens is 213 g/mol. The molecule has 0 unspecified atom stereocenters. The molecule has 0 bridgehead atoms. The van der Waals surface area contributed by atoms with Crippen molar-refractivity contribution in [2.45, 2.75) is 0 Å². The average Bonchev–Trinajstić information content (AvgIpc) is 2.37. The van der Waals surface area contributed by atoms with Crippen LogP contribution >= 0.6 is 0 Å². The molecule has 0 radical (unpaired) electrons. The molecule has 0 aliphatic carbocycles. The Morgan fingerprint density at radius 3 is 2.59 bits per heavy atom. The van der Waals surface area contributed by atoms with Gasteiger partial charge in [0, 0.05) is 17.0 Å². The maximum absolute atomic E-state index is 9.33. The molecule has 2 aromatic carbocycles. The first-order valence-electron chi connectivity index (χ1n) is 5.40. The first-order valence-corrected chi connectivity index (χ1v) is 5.40. The van der Waals surface area contributed by atoms with E-state index in [2.05, 4.69) is 4.98 Å². The van der Waals surface area contributed by atoms with E-state index in [4.69, 9.17) is 0 Å². The molecule has 0 aliphatic rings. The zero-order chi connectivity index (χ0) is 11.8. The van der Waals surface area contributed by atoms with E-state index in [1.807, 2.05) is 36.4 Å². The molecule has 1 heterocycles. The second kappa shape index (κ2) is 3.84. The highest BCUT2D eigenvalue weighted by atomic mass is 16.4. The fraction of sp³-hybridized carbons (Fsp3) is 0. The van der Waals surface area contributed by atoms with E-state index in [1.165, 1.54) is 0 Å². The molecule has 1 aromatic heterocycles. The highest BCUT2D eigenvalue weighted by Gasteiger charge is 2.15. The predicted octanol–water partition coefficient (Wildman–Crippen LogP) is 1.07. The number of hydrogen-bond acceptors (Lipinski definition) is 3. The second-order valence-electron chi connectivity index (χ2n) is 3.96. The van der Waals surface area contributed by atoms with Gasteiger partial charge in [0.05, 0.1) is 5.52 Å². The first-order chi connectivity index (χ1) is 8.27. The lowest BCUT2D eigenvalue weighted by Gasteiger charge is -2.07. The Balaban J connectivity index is 2.48. The van der Waals surface area contributed by atoms with Gasteiger partial charge in [-0.3, -0.25) is 4.98 Å². The van der Waals surface area contributed by atoms with Crippen molar-refractivity contribution < 1.29 is 10.0 Å². The Morgan fingerprint density at radius 1 is 0.882 bits per heavy atom. The number of nitrogens with zero attached hydrogens (tertiary/aromatic N) is 1. The minimum atomic E-state index is -1.46. The molecule has 3 nitrogen and oxygen atoms in total. The highest BCUT2D eigenvalue weighted by molar-refractivity contribution is 6.62. The van der Waals surface area contributed by atoms with E-state index in [-0.39, 0.29) is 0 Å². The van der Waals surface area contributed by atoms with Crippen LogP contribution in [-0.4, -0.2) is 22.2 Å². The predicted molar refractivity (Wildman–Crippen MR) is 69.1 cm³/mol. The Kier molecular flexibility index (Phi) is 2.32. The van der Waals surface area contributed by atoms with Crippen LogP contribution in [0.5, 0.6) is 0 Å². The molecule has 17 heavy (non-hydrogen) atoms. The smallest absolute Gasteiger partial charge is 0.423 e. The van der Waals surface area contributed by atoms with Crippen LogP contribution in [-0.2, 0) is 0 Å². The van der Waals surface area contributed by atoms with Gasteiger partial charge >= 0.3 is 7.12 Å². The number of rotatable bonds is 1. The van der Waals surface area contributed by atoms with Gasteiger partial charge in [0.15, 0.2) is 0 Å². The summed E-state index contributed by atoms with van der Waals surface area (Å²) in [4.78, 5) is 4.35. The summed E-state index contributed by atoms with van der Waals surface area (Å²) in [6, 6.07) is 13.2. The zero-order valence-electron chi connectivity index (χ0n) is 9.04. The topological polar surface area (TPSA) is 53.4 Å². The summed E-state index contributed by atoms with van der Waals surface area (Å²) < 4.78 is 0. The maximum Gasteiger partial charge on any atom is 0.489 e. The van der Waals surface area contributed by atoms with Gasteiger partial charge in [-0.2, -0.15) is 0 Å². The van der Waals surface area contributed by atoms with Crippen molar-refractivity contribution in [3.05, 3.63) is 48.7 Å². The number of fused-ring (bicyclic) bond motifs is 3. The summed E-state index contributed by atoms with van der Waals surface area (Å²) in [5.41, 5.74) is 1.39. The van der Waals surface area contributed by atoms with Gasteiger partial charge in [-0.1, -0.05) is 36.4 Å². The summed E-state index contributed by atoms with van der Waals surface area (Å²) in [5.74, 6) is 0. The van der Waals surface area contributed by atoms with Crippen molar-refractivity contribution in [3.8, 4) is 0 Å². The van der Waals surface area contributed by atoms with Gasteiger partial charge in [0.2, 0.25) is 0 Å². The summed E-state index contributed by atoms with van der Waals surface area (Å²) in [6.07, 6.45) is 1.74. The lowest BCUT2D eigenvalue weighted by molar-refractivity contribution is 0.426. The van der Waals surface area contributed by atoms with E-state index in [1.54, 1.807) is 12.3 Å². The molecule has 0 saturated heterocycles. The van der Waals surface area contributed by atoms with Crippen molar-refractivity contribution in [2.75, 3.05) is 0 Å². The largest absolute Gasteiger partial charge is 0.489 e. The van der Waals surface area contributed by atoms with Crippen LogP contribution in [0.4, 0.5) is 0 Å².